The largest absolute Gasteiger partial charge is 0.344 e. The van der Waals surface area contributed by atoms with Crippen molar-refractivity contribution in [2.24, 2.45) is 7.05 Å². The van der Waals surface area contributed by atoms with Crippen LogP contribution >= 0.6 is 23.4 Å². The molecule has 0 aliphatic heterocycles. The molecule has 0 radical (unpaired) electrons. The van der Waals surface area contributed by atoms with Crippen LogP contribution in [-0.2, 0) is 12.8 Å². The van der Waals surface area contributed by atoms with Gasteiger partial charge in [0.05, 0.1) is 5.75 Å². The highest BCUT2D eigenvalue weighted by Crippen LogP contribution is 2.31. The van der Waals surface area contributed by atoms with E-state index in [0.29, 0.717) is 38.7 Å². The molecule has 172 valence electrons. The zero-order valence-electron chi connectivity index (χ0n) is 18.9. The molecule has 0 amide bonds. The highest BCUT2D eigenvalue weighted by atomic mass is 35.5. The van der Waals surface area contributed by atoms with Gasteiger partial charge in [0.15, 0.2) is 5.16 Å². The smallest absolute Gasteiger partial charge is 0.278 e. The Morgan fingerprint density at radius 3 is 2.47 bits per heavy atom. The zero-order chi connectivity index (χ0) is 23.8. The van der Waals surface area contributed by atoms with Crippen molar-refractivity contribution >= 4 is 34.4 Å². The number of aryl methyl sites for hydroxylation is 1. The minimum atomic E-state index is -0.0698. The first-order chi connectivity index (χ1) is 16.4. The molecule has 2 aromatic carbocycles. The van der Waals surface area contributed by atoms with Crippen LogP contribution in [0.25, 0.3) is 33.5 Å². The molecule has 0 saturated heterocycles. The molecule has 5 rings (SSSR count). The van der Waals surface area contributed by atoms with Gasteiger partial charge in [-0.1, -0.05) is 58.9 Å². The van der Waals surface area contributed by atoms with Crippen LogP contribution in [0.15, 0.2) is 75.3 Å². The van der Waals surface area contributed by atoms with Crippen molar-refractivity contribution in [2.45, 2.75) is 30.8 Å². The molecular formula is C25H22ClN5O2S. The normalized spacial score (nSPS) is 11.6. The second-order valence-electron chi connectivity index (χ2n) is 8.19. The highest BCUT2D eigenvalue weighted by Gasteiger charge is 2.21. The van der Waals surface area contributed by atoms with E-state index in [-0.39, 0.29) is 11.6 Å². The Hall–Kier alpha value is -3.36. The number of hydrogen-bond donors (Lipinski definition) is 0. The quantitative estimate of drug-likeness (QED) is 0.215. The van der Waals surface area contributed by atoms with Crippen molar-refractivity contribution < 1.29 is 4.52 Å². The Kier molecular flexibility index (Phi) is 6.02. The maximum Gasteiger partial charge on any atom is 0.278 e. The third-order valence-corrected chi connectivity index (χ3v) is 6.68. The molecule has 0 unspecified atom stereocenters. The molecule has 34 heavy (non-hydrogen) atoms. The van der Waals surface area contributed by atoms with Gasteiger partial charge in [-0.3, -0.25) is 9.36 Å². The lowest BCUT2D eigenvalue weighted by molar-refractivity contribution is 0.391. The fourth-order valence-corrected chi connectivity index (χ4v) is 4.96. The molecular weight excluding hydrogens is 470 g/mol. The Morgan fingerprint density at radius 2 is 1.76 bits per heavy atom. The van der Waals surface area contributed by atoms with E-state index >= 15 is 0 Å². The van der Waals surface area contributed by atoms with Crippen molar-refractivity contribution in [3.05, 3.63) is 82.1 Å². The van der Waals surface area contributed by atoms with Crippen LogP contribution in [0.1, 0.15) is 25.8 Å². The lowest BCUT2D eigenvalue weighted by Gasteiger charge is -2.15. The number of nitrogens with zero attached hydrogens (tertiary/aromatic N) is 5. The van der Waals surface area contributed by atoms with Crippen LogP contribution in [-0.4, -0.2) is 24.3 Å². The van der Waals surface area contributed by atoms with Gasteiger partial charge in [0.25, 0.3) is 5.56 Å². The standard InChI is InChI=1S/C25H22ClN5O2S/c1-15(2)31-24(32)22-21(19(13-30(22)3)16-7-5-4-6-8-16)28-25(31)34-14-20-27-23(29-33-20)17-9-11-18(26)12-10-17/h4-13,15H,14H2,1-3H3. The van der Waals surface area contributed by atoms with Crippen molar-refractivity contribution in [3.63, 3.8) is 0 Å². The van der Waals surface area contributed by atoms with E-state index in [4.69, 9.17) is 21.1 Å². The molecule has 3 aromatic heterocycles. The van der Waals surface area contributed by atoms with E-state index in [1.807, 2.05) is 74.1 Å². The third kappa shape index (κ3) is 4.15. The molecule has 0 N–H and O–H groups in total. The Balaban J connectivity index is 1.52. The lowest BCUT2D eigenvalue weighted by Crippen LogP contribution is -2.26. The number of fused-ring (bicyclic) bond motifs is 1. The summed E-state index contributed by atoms with van der Waals surface area (Å²) >= 11 is 7.37. The van der Waals surface area contributed by atoms with E-state index in [1.165, 1.54) is 11.8 Å². The van der Waals surface area contributed by atoms with Gasteiger partial charge in [-0.2, -0.15) is 4.98 Å². The Bertz CT molecular complexity index is 1520. The molecule has 0 atom stereocenters. The predicted octanol–water partition coefficient (Wildman–Crippen LogP) is 5.98. The highest BCUT2D eigenvalue weighted by molar-refractivity contribution is 7.98. The first kappa shape index (κ1) is 22.4. The zero-order valence-corrected chi connectivity index (χ0v) is 20.5. The van der Waals surface area contributed by atoms with Crippen LogP contribution in [0.2, 0.25) is 5.02 Å². The minimum absolute atomic E-state index is 0.0608. The summed E-state index contributed by atoms with van der Waals surface area (Å²) in [7, 11) is 1.88. The van der Waals surface area contributed by atoms with Gasteiger partial charge in [-0.25, -0.2) is 4.98 Å². The van der Waals surface area contributed by atoms with E-state index in [0.717, 1.165) is 16.7 Å². The first-order valence-electron chi connectivity index (χ1n) is 10.8. The number of aromatic nitrogens is 5. The first-order valence-corrected chi connectivity index (χ1v) is 12.2. The molecule has 0 fully saturated rings. The molecule has 0 spiro atoms. The van der Waals surface area contributed by atoms with Crippen LogP contribution in [0.5, 0.6) is 0 Å². The van der Waals surface area contributed by atoms with Gasteiger partial charge in [-0.15, -0.1) is 0 Å². The maximum atomic E-state index is 13.5. The molecule has 0 bridgehead atoms. The third-order valence-electron chi connectivity index (χ3n) is 5.49. The molecule has 7 nitrogen and oxygen atoms in total. The van der Waals surface area contributed by atoms with E-state index in [2.05, 4.69) is 10.1 Å². The summed E-state index contributed by atoms with van der Waals surface area (Å²) in [5.41, 5.74) is 3.96. The summed E-state index contributed by atoms with van der Waals surface area (Å²) in [5, 5.41) is 5.33. The fraction of sp³-hybridized carbons (Fsp3) is 0.200. The number of rotatable bonds is 6. The summed E-state index contributed by atoms with van der Waals surface area (Å²) < 4.78 is 9.03. The Labute approximate surface area is 205 Å². The van der Waals surface area contributed by atoms with Gasteiger partial charge < -0.3 is 9.09 Å². The average Bonchev–Trinajstić information content (AvgIpc) is 3.43. The van der Waals surface area contributed by atoms with Crippen LogP contribution in [0.3, 0.4) is 0 Å². The van der Waals surface area contributed by atoms with Gasteiger partial charge in [0, 0.05) is 35.4 Å². The predicted molar refractivity (Wildman–Crippen MR) is 135 cm³/mol. The van der Waals surface area contributed by atoms with E-state index in [1.54, 1.807) is 16.7 Å². The molecule has 0 aliphatic rings. The lowest BCUT2D eigenvalue weighted by atomic mass is 10.1. The van der Waals surface area contributed by atoms with Gasteiger partial charge in [0.1, 0.15) is 11.0 Å². The SMILES string of the molecule is CC(C)n1c(SCc2nc(-c3ccc(Cl)cc3)no2)nc2c(-c3ccccc3)cn(C)c2c1=O. The van der Waals surface area contributed by atoms with Crippen molar-refractivity contribution in [3.8, 4) is 22.5 Å². The second-order valence-corrected chi connectivity index (χ2v) is 9.57. The monoisotopic (exact) mass is 491 g/mol. The summed E-state index contributed by atoms with van der Waals surface area (Å²) in [6.45, 7) is 3.96. The number of halogens is 1. The Morgan fingerprint density at radius 1 is 1.03 bits per heavy atom. The van der Waals surface area contributed by atoms with Gasteiger partial charge in [-0.05, 0) is 43.7 Å². The van der Waals surface area contributed by atoms with Crippen LogP contribution in [0.4, 0.5) is 0 Å². The molecule has 5 aromatic rings. The van der Waals surface area contributed by atoms with Crippen molar-refractivity contribution in [1.29, 1.82) is 0 Å². The number of thioether (sulfide) groups is 1. The van der Waals surface area contributed by atoms with E-state index < -0.39 is 0 Å². The van der Waals surface area contributed by atoms with Crippen molar-refractivity contribution in [2.75, 3.05) is 0 Å². The summed E-state index contributed by atoms with van der Waals surface area (Å²) in [6, 6.07) is 17.2. The molecule has 0 saturated carbocycles. The maximum absolute atomic E-state index is 13.5. The second kappa shape index (κ2) is 9.12. The van der Waals surface area contributed by atoms with Crippen LogP contribution in [0, 0.1) is 0 Å². The fourth-order valence-electron chi connectivity index (χ4n) is 3.87. The van der Waals surface area contributed by atoms with Crippen molar-refractivity contribution in [1.82, 2.24) is 24.3 Å². The average molecular weight is 492 g/mol. The molecule has 3 heterocycles. The van der Waals surface area contributed by atoms with Gasteiger partial charge >= 0.3 is 0 Å². The van der Waals surface area contributed by atoms with Crippen LogP contribution < -0.4 is 5.56 Å². The summed E-state index contributed by atoms with van der Waals surface area (Å²) in [6.07, 6.45) is 1.96. The minimum Gasteiger partial charge on any atom is -0.344 e. The number of hydrogen-bond acceptors (Lipinski definition) is 6. The molecule has 9 heteroatoms. The molecule has 0 aliphatic carbocycles. The topological polar surface area (TPSA) is 78.7 Å². The number of benzene rings is 2. The summed E-state index contributed by atoms with van der Waals surface area (Å²) in [5.74, 6) is 1.33. The van der Waals surface area contributed by atoms with E-state index in [9.17, 15) is 4.79 Å². The van der Waals surface area contributed by atoms with Gasteiger partial charge in [0.2, 0.25) is 11.7 Å². The summed E-state index contributed by atoms with van der Waals surface area (Å²) in [4.78, 5) is 22.9.